The first-order valence-corrected chi connectivity index (χ1v) is 21.5. The van der Waals surface area contributed by atoms with Gasteiger partial charge in [0.05, 0.1) is 27.7 Å². The molecule has 0 saturated carbocycles. The van der Waals surface area contributed by atoms with Crippen molar-refractivity contribution in [3.8, 4) is 0 Å². The lowest BCUT2D eigenvalue weighted by molar-refractivity contribution is -0.870. The Balaban J connectivity index is 4.41. The van der Waals surface area contributed by atoms with Crippen molar-refractivity contribution < 1.29 is 42.1 Å². The van der Waals surface area contributed by atoms with Crippen LogP contribution in [-0.2, 0) is 32.7 Å². The van der Waals surface area contributed by atoms with Crippen LogP contribution in [0.1, 0.15) is 168 Å². The molecule has 0 rings (SSSR count). The zero-order chi connectivity index (χ0) is 37.2. The number of nitrogens with zero attached hydrogens (tertiary/aromatic N) is 1. The average Bonchev–Trinajstić information content (AvgIpc) is 3.06. The van der Waals surface area contributed by atoms with E-state index in [0.717, 1.165) is 64.2 Å². The Bertz CT molecular complexity index is 918. The molecule has 0 N–H and O–H groups in total. The molecule has 0 aliphatic rings. The number of likely N-dealkylation sites (N-methyl/N-ethyl adjacent to an activating group) is 1. The number of phosphoric ester groups is 1. The van der Waals surface area contributed by atoms with Gasteiger partial charge in [-0.3, -0.25) is 14.2 Å². The largest absolute Gasteiger partial charge is 0.756 e. The van der Waals surface area contributed by atoms with Crippen LogP contribution < -0.4 is 4.89 Å². The number of unbranched alkanes of at least 4 members (excludes halogenated alkanes) is 18. The highest BCUT2D eigenvalue weighted by Crippen LogP contribution is 2.38. The number of hydrogen-bond acceptors (Lipinski definition) is 8. The summed E-state index contributed by atoms with van der Waals surface area (Å²) in [6, 6.07) is 0. The van der Waals surface area contributed by atoms with Crippen LogP contribution in [-0.4, -0.2) is 70.0 Å². The molecule has 0 aromatic carbocycles. The molecule has 2 atom stereocenters. The van der Waals surface area contributed by atoms with Gasteiger partial charge < -0.3 is 27.9 Å². The van der Waals surface area contributed by atoms with E-state index in [1.807, 2.05) is 21.1 Å². The third-order valence-electron chi connectivity index (χ3n) is 8.44. The first-order chi connectivity index (χ1) is 24.0. The smallest absolute Gasteiger partial charge is 0.306 e. The number of allylic oxidation sites excluding steroid dienone is 4. The Morgan fingerprint density at radius 3 is 1.48 bits per heavy atom. The summed E-state index contributed by atoms with van der Waals surface area (Å²) in [7, 11) is 1.16. The van der Waals surface area contributed by atoms with Gasteiger partial charge in [0, 0.05) is 12.8 Å². The Morgan fingerprint density at radius 1 is 0.600 bits per heavy atom. The van der Waals surface area contributed by atoms with Crippen LogP contribution in [0.3, 0.4) is 0 Å². The summed E-state index contributed by atoms with van der Waals surface area (Å²) in [4.78, 5) is 37.3. The Morgan fingerprint density at radius 2 is 1.02 bits per heavy atom. The van der Waals surface area contributed by atoms with Gasteiger partial charge in [0.25, 0.3) is 7.82 Å². The van der Waals surface area contributed by atoms with Gasteiger partial charge in [-0.2, -0.15) is 0 Å². The number of phosphoric acid groups is 1. The molecule has 10 heteroatoms. The quantitative estimate of drug-likeness (QED) is 0.0206. The molecule has 0 aliphatic carbocycles. The molecule has 0 saturated heterocycles. The van der Waals surface area contributed by atoms with E-state index in [-0.39, 0.29) is 26.1 Å². The van der Waals surface area contributed by atoms with Gasteiger partial charge in [-0.25, -0.2) is 0 Å². The molecule has 0 bridgehead atoms. The summed E-state index contributed by atoms with van der Waals surface area (Å²) in [5.74, 6) is -0.848. The highest BCUT2D eigenvalue weighted by molar-refractivity contribution is 7.45. The van der Waals surface area contributed by atoms with E-state index in [0.29, 0.717) is 17.4 Å². The van der Waals surface area contributed by atoms with Gasteiger partial charge in [-0.1, -0.05) is 128 Å². The van der Waals surface area contributed by atoms with Crippen molar-refractivity contribution in [3.05, 3.63) is 24.3 Å². The minimum atomic E-state index is -4.62. The molecule has 9 nitrogen and oxygen atoms in total. The van der Waals surface area contributed by atoms with Gasteiger partial charge in [-0.05, 0) is 51.4 Å². The number of esters is 2. The summed E-state index contributed by atoms with van der Waals surface area (Å²) >= 11 is 0. The van der Waals surface area contributed by atoms with Gasteiger partial charge in [-0.15, -0.1) is 0 Å². The maximum Gasteiger partial charge on any atom is 0.306 e. The second-order valence-electron chi connectivity index (χ2n) is 14.6. The van der Waals surface area contributed by atoms with Crippen LogP contribution in [0.5, 0.6) is 0 Å². The molecule has 294 valence electrons. The van der Waals surface area contributed by atoms with Gasteiger partial charge >= 0.3 is 11.9 Å². The molecule has 0 aromatic heterocycles. The van der Waals surface area contributed by atoms with Crippen LogP contribution in [0.4, 0.5) is 0 Å². The summed E-state index contributed by atoms with van der Waals surface area (Å²) in [6.45, 7) is 4.14. The molecule has 0 fully saturated rings. The van der Waals surface area contributed by atoms with Gasteiger partial charge in [0.15, 0.2) is 6.10 Å². The van der Waals surface area contributed by atoms with Crippen LogP contribution in [0, 0.1) is 0 Å². The average molecular weight is 730 g/mol. The monoisotopic (exact) mass is 730 g/mol. The SMILES string of the molecule is CCCC/C=C/CCCCCCCCCCCC(=O)O[C@H](COC(=O)CCCCCCC/C=C/CCCC)COP(=O)([O-])OCC[N+](C)(C)C. The van der Waals surface area contributed by atoms with E-state index in [9.17, 15) is 19.0 Å². The van der Waals surface area contributed by atoms with Crippen molar-refractivity contribution in [2.45, 2.75) is 174 Å². The van der Waals surface area contributed by atoms with Gasteiger partial charge in [0.2, 0.25) is 0 Å². The van der Waals surface area contributed by atoms with E-state index >= 15 is 0 Å². The number of carbonyl (C=O) groups is 2. The van der Waals surface area contributed by atoms with Crippen molar-refractivity contribution in [2.75, 3.05) is 47.5 Å². The summed E-state index contributed by atoms with van der Waals surface area (Å²) in [5, 5.41) is 0. The molecule has 0 spiro atoms. The van der Waals surface area contributed by atoms with E-state index in [1.165, 1.54) is 70.6 Å². The normalized spacial score (nSPS) is 14.0. The first-order valence-electron chi connectivity index (χ1n) is 20.0. The van der Waals surface area contributed by atoms with Crippen LogP contribution in [0.15, 0.2) is 24.3 Å². The van der Waals surface area contributed by atoms with Gasteiger partial charge in [0.1, 0.15) is 19.8 Å². The van der Waals surface area contributed by atoms with Crippen LogP contribution in [0.25, 0.3) is 0 Å². The fourth-order valence-electron chi connectivity index (χ4n) is 5.20. The third-order valence-corrected chi connectivity index (χ3v) is 9.41. The molecule has 1 unspecified atom stereocenters. The molecule has 0 amide bonds. The highest BCUT2D eigenvalue weighted by atomic mass is 31.2. The lowest BCUT2D eigenvalue weighted by Gasteiger charge is -2.28. The standard InChI is InChI=1S/C40H76NO8P/c1-6-8-10-12-14-16-18-19-20-21-23-25-27-29-31-33-40(43)49-38(37-48-50(44,45)47-35-34-41(3,4)5)36-46-39(42)32-30-28-26-24-22-17-15-13-11-9-7-2/h12-15,38H,6-11,16-37H2,1-5H3/b14-12+,15-13+/t38-/m1/s1. The van der Waals surface area contributed by atoms with Crippen molar-refractivity contribution >= 4 is 19.8 Å². The van der Waals surface area contributed by atoms with Crippen LogP contribution >= 0.6 is 7.82 Å². The fourth-order valence-corrected chi connectivity index (χ4v) is 5.93. The van der Waals surface area contributed by atoms with E-state index in [1.54, 1.807) is 0 Å². The Hall–Kier alpha value is -1.51. The second kappa shape index (κ2) is 33.3. The number of carbonyl (C=O) groups excluding carboxylic acids is 2. The van der Waals surface area contributed by atoms with Crippen LogP contribution in [0.2, 0.25) is 0 Å². The predicted molar refractivity (Wildman–Crippen MR) is 204 cm³/mol. The number of ether oxygens (including phenoxy) is 2. The molecule has 0 aliphatic heterocycles. The number of hydrogen-bond donors (Lipinski definition) is 0. The highest BCUT2D eigenvalue weighted by Gasteiger charge is 2.21. The van der Waals surface area contributed by atoms with Crippen molar-refractivity contribution in [1.82, 2.24) is 0 Å². The summed E-state index contributed by atoms with van der Waals surface area (Å²) in [6.07, 6.45) is 33.4. The van der Waals surface area contributed by atoms with Crippen molar-refractivity contribution in [3.63, 3.8) is 0 Å². The lowest BCUT2D eigenvalue weighted by atomic mass is 10.1. The van der Waals surface area contributed by atoms with Crippen molar-refractivity contribution in [1.29, 1.82) is 0 Å². The number of quaternary nitrogens is 1. The van der Waals surface area contributed by atoms with E-state index in [2.05, 4.69) is 38.2 Å². The fraction of sp³-hybridized carbons (Fsp3) is 0.850. The molecule has 0 radical (unpaired) electrons. The Kier molecular flexibility index (Phi) is 32.3. The molecule has 50 heavy (non-hydrogen) atoms. The van der Waals surface area contributed by atoms with E-state index in [4.69, 9.17) is 18.5 Å². The molecular weight excluding hydrogens is 653 g/mol. The topological polar surface area (TPSA) is 111 Å². The number of rotatable bonds is 36. The molecular formula is C40H76NO8P. The third kappa shape index (κ3) is 36.3. The molecule has 0 aromatic rings. The zero-order valence-electron chi connectivity index (χ0n) is 32.8. The summed E-state index contributed by atoms with van der Waals surface area (Å²) in [5.41, 5.74) is 0. The predicted octanol–water partition coefficient (Wildman–Crippen LogP) is 10.2. The van der Waals surface area contributed by atoms with E-state index < -0.39 is 32.5 Å². The maximum absolute atomic E-state index is 12.6. The second-order valence-corrected chi connectivity index (χ2v) is 16.1. The maximum atomic E-state index is 12.6. The Labute approximate surface area is 307 Å². The zero-order valence-corrected chi connectivity index (χ0v) is 33.7. The minimum Gasteiger partial charge on any atom is -0.756 e. The minimum absolute atomic E-state index is 0.0316. The first kappa shape index (κ1) is 48.5. The van der Waals surface area contributed by atoms with Crippen molar-refractivity contribution in [2.24, 2.45) is 0 Å². The summed E-state index contributed by atoms with van der Waals surface area (Å²) < 4.78 is 33.8. The molecule has 0 heterocycles. The lowest BCUT2D eigenvalue weighted by Crippen LogP contribution is -2.37.